The number of unbranched alkanes of at least 4 members (excludes halogenated alkanes) is 1. The van der Waals surface area contributed by atoms with Crippen LogP contribution >= 0.6 is 0 Å². The van der Waals surface area contributed by atoms with Crippen LogP contribution in [0.4, 0.5) is 0 Å². The van der Waals surface area contributed by atoms with Gasteiger partial charge in [0.2, 0.25) is 0 Å². The van der Waals surface area contributed by atoms with Crippen LogP contribution in [0.15, 0.2) is 0 Å². The van der Waals surface area contributed by atoms with Gasteiger partial charge < -0.3 is 9.66 Å². The molecule has 0 radical (unpaired) electrons. The Bertz CT molecular complexity index is 210. The van der Waals surface area contributed by atoms with Gasteiger partial charge in [0, 0.05) is 0 Å². The summed E-state index contributed by atoms with van der Waals surface area (Å²) in [6.45, 7) is 2.89. The fraction of sp³-hybridized carbons (Fsp3) is 1.00. The quantitative estimate of drug-likeness (QED) is 0.403. The van der Waals surface area contributed by atoms with Crippen molar-refractivity contribution in [3.8, 4) is 0 Å². The van der Waals surface area contributed by atoms with Gasteiger partial charge >= 0.3 is 29.6 Å². The molecule has 0 fully saturated rings. The average molecular weight is 204 g/mol. The molecule has 4 nitrogen and oxygen atoms in total. The first-order valence-corrected chi connectivity index (χ1v) is 4.90. The van der Waals surface area contributed by atoms with E-state index in [1.54, 1.807) is 0 Å². The van der Waals surface area contributed by atoms with E-state index in [4.69, 9.17) is 5.11 Å². The van der Waals surface area contributed by atoms with Crippen LogP contribution in [-0.2, 0) is 10.1 Å². The molecular formula is C6H13NaO4S. The Morgan fingerprint density at radius 2 is 1.92 bits per heavy atom. The predicted molar refractivity (Wildman–Crippen MR) is 39.8 cm³/mol. The topological polar surface area (TPSA) is 77.4 Å². The van der Waals surface area contributed by atoms with E-state index < -0.39 is 15.1 Å². The van der Waals surface area contributed by atoms with Gasteiger partial charge in [-0.2, -0.15) is 0 Å². The summed E-state index contributed by atoms with van der Waals surface area (Å²) in [6.07, 6.45) is 1.30. The van der Waals surface area contributed by atoms with Crippen molar-refractivity contribution in [3.05, 3.63) is 0 Å². The van der Waals surface area contributed by atoms with E-state index in [1.807, 2.05) is 6.92 Å². The van der Waals surface area contributed by atoms with Crippen molar-refractivity contribution in [3.63, 3.8) is 0 Å². The van der Waals surface area contributed by atoms with Gasteiger partial charge in [-0.25, -0.2) is 8.42 Å². The second kappa shape index (κ2) is 5.57. The average Bonchev–Trinajstić information content (AvgIpc) is 1.81. The second-order valence-corrected chi connectivity index (χ2v) is 4.52. The van der Waals surface area contributed by atoms with Gasteiger partial charge in [-0.15, -0.1) is 0 Å². The van der Waals surface area contributed by atoms with Crippen LogP contribution in [0.1, 0.15) is 33.1 Å². The van der Waals surface area contributed by atoms with Crippen LogP contribution < -0.4 is 29.6 Å². The van der Waals surface area contributed by atoms with Crippen LogP contribution in [0.2, 0.25) is 0 Å². The molecule has 0 heterocycles. The summed E-state index contributed by atoms with van der Waals surface area (Å²) in [5.41, 5.74) is 0. The molecule has 0 saturated carbocycles. The summed E-state index contributed by atoms with van der Waals surface area (Å²) >= 11 is 0. The molecule has 0 aromatic heterocycles. The van der Waals surface area contributed by atoms with Gasteiger partial charge in [0.1, 0.15) is 10.1 Å². The smallest absolute Gasteiger partial charge is 0.746 e. The molecule has 0 aliphatic heterocycles. The van der Waals surface area contributed by atoms with E-state index >= 15 is 0 Å². The van der Waals surface area contributed by atoms with E-state index in [1.165, 1.54) is 0 Å². The van der Waals surface area contributed by atoms with Crippen molar-refractivity contribution in [1.82, 2.24) is 0 Å². The molecular weight excluding hydrogens is 191 g/mol. The SMILES string of the molecule is CCCCC(C)(O)S(=O)(=O)[O-].[Na+]. The monoisotopic (exact) mass is 204 g/mol. The van der Waals surface area contributed by atoms with Crippen LogP contribution in [0.3, 0.4) is 0 Å². The van der Waals surface area contributed by atoms with E-state index in [-0.39, 0.29) is 36.0 Å². The largest absolute Gasteiger partial charge is 1.00 e. The van der Waals surface area contributed by atoms with E-state index in [0.29, 0.717) is 6.42 Å². The van der Waals surface area contributed by atoms with Gasteiger partial charge in [0.25, 0.3) is 0 Å². The molecule has 1 unspecified atom stereocenters. The van der Waals surface area contributed by atoms with Crippen molar-refractivity contribution in [2.45, 2.75) is 38.0 Å². The second-order valence-electron chi connectivity index (χ2n) is 2.73. The molecule has 1 N–H and O–H groups in total. The van der Waals surface area contributed by atoms with Crippen molar-refractivity contribution >= 4 is 10.1 Å². The maximum Gasteiger partial charge on any atom is 1.00 e. The summed E-state index contributed by atoms with van der Waals surface area (Å²) in [5, 5.41) is 9.08. The third-order valence-corrected chi connectivity index (χ3v) is 2.81. The third kappa shape index (κ3) is 4.79. The normalized spacial score (nSPS) is 16.3. The molecule has 68 valence electrons. The first-order chi connectivity index (χ1) is 4.81. The fourth-order valence-corrected chi connectivity index (χ4v) is 1.02. The van der Waals surface area contributed by atoms with Crippen molar-refractivity contribution in [2.24, 2.45) is 0 Å². The Kier molecular flexibility index (Phi) is 7.12. The summed E-state index contributed by atoms with van der Waals surface area (Å²) in [6, 6.07) is 0. The molecule has 12 heavy (non-hydrogen) atoms. The van der Waals surface area contributed by atoms with E-state index in [2.05, 4.69) is 0 Å². The summed E-state index contributed by atoms with van der Waals surface area (Å²) in [7, 11) is -4.57. The zero-order chi connectivity index (χ0) is 9.12. The predicted octanol–water partition coefficient (Wildman–Crippen LogP) is -2.57. The van der Waals surface area contributed by atoms with E-state index in [9.17, 15) is 13.0 Å². The summed E-state index contributed by atoms with van der Waals surface area (Å²) in [4.78, 5) is -2.09. The molecule has 0 amide bonds. The number of hydrogen-bond acceptors (Lipinski definition) is 4. The molecule has 0 saturated heterocycles. The maximum absolute atomic E-state index is 10.4. The Balaban J connectivity index is 0. The van der Waals surface area contributed by atoms with Gasteiger partial charge in [-0.3, -0.25) is 0 Å². The first kappa shape index (κ1) is 15.3. The Labute approximate surface area is 95.4 Å². The molecule has 0 aliphatic rings. The van der Waals surface area contributed by atoms with Crippen molar-refractivity contribution < 1.29 is 47.6 Å². The Morgan fingerprint density at radius 3 is 2.17 bits per heavy atom. The number of rotatable bonds is 4. The zero-order valence-corrected chi connectivity index (χ0v) is 10.5. The van der Waals surface area contributed by atoms with Crippen molar-refractivity contribution in [1.29, 1.82) is 0 Å². The molecule has 0 aliphatic carbocycles. The van der Waals surface area contributed by atoms with Gasteiger partial charge in [0.05, 0.1) is 0 Å². The minimum atomic E-state index is -4.57. The maximum atomic E-state index is 10.4. The first-order valence-electron chi connectivity index (χ1n) is 3.49. The van der Waals surface area contributed by atoms with Gasteiger partial charge in [0.15, 0.2) is 4.93 Å². The molecule has 0 aromatic carbocycles. The van der Waals surface area contributed by atoms with Crippen LogP contribution in [0, 0.1) is 0 Å². The fourth-order valence-electron chi connectivity index (χ4n) is 0.630. The van der Waals surface area contributed by atoms with Crippen molar-refractivity contribution in [2.75, 3.05) is 0 Å². The molecule has 0 rings (SSSR count). The molecule has 0 aromatic rings. The third-order valence-electron chi connectivity index (χ3n) is 1.53. The Hall–Kier alpha value is 0.870. The molecule has 6 heteroatoms. The van der Waals surface area contributed by atoms with Gasteiger partial charge in [-0.1, -0.05) is 13.3 Å². The standard InChI is InChI=1S/C6H14O4S.Na/c1-3-4-5-6(2,7)11(8,9)10;/h7H,3-5H2,1-2H3,(H,8,9,10);/q;+1/p-1. The zero-order valence-electron chi connectivity index (χ0n) is 7.70. The van der Waals surface area contributed by atoms with E-state index in [0.717, 1.165) is 13.3 Å². The summed E-state index contributed by atoms with van der Waals surface area (Å²) in [5.74, 6) is 0. The Morgan fingerprint density at radius 1 is 1.50 bits per heavy atom. The minimum absolute atomic E-state index is 0. The minimum Gasteiger partial charge on any atom is -0.746 e. The van der Waals surface area contributed by atoms with Crippen LogP contribution in [-0.4, -0.2) is 23.0 Å². The number of aliphatic hydroxyl groups is 1. The summed E-state index contributed by atoms with van der Waals surface area (Å²) < 4.78 is 31.1. The van der Waals surface area contributed by atoms with Crippen LogP contribution in [0.5, 0.6) is 0 Å². The molecule has 0 bridgehead atoms. The number of hydrogen-bond donors (Lipinski definition) is 1. The van der Waals surface area contributed by atoms with Gasteiger partial charge in [-0.05, 0) is 19.8 Å². The molecule has 0 spiro atoms. The van der Waals surface area contributed by atoms with Crippen LogP contribution in [0.25, 0.3) is 0 Å². The molecule has 1 atom stereocenters.